The Bertz CT molecular complexity index is 947. The van der Waals surface area contributed by atoms with Crippen LogP contribution in [0.25, 0.3) is 5.70 Å². The SMILES string of the molecule is C=C1c2ccccc2C(=O)N1CC(=O)N1CCc2cc(OC)c(OC)cc2C1. The average Bonchev–Trinajstić information content (AvgIpc) is 2.97. The van der Waals surface area contributed by atoms with E-state index in [2.05, 4.69) is 6.58 Å². The highest BCUT2D eigenvalue weighted by Crippen LogP contribution is 2.34. The number of carbonyl (C=O) groups is 2. The molecule has 0 spiro atoms. The quantitative estimate of drug-likeness (QED) is 0.821. The molecule has 2 aromatic carbocycles. The molecular formula is C22H22N2O4. The van der Waals surface area contributed by atoms with E-state index in [0.717, 1.165) is 23.1 Å². The topological polar surface area (TPSA) is 59.1 Å². The van der Waals surface area contributed by atoms with Gasteiger partial charge in [-0.1, -0.05) is 24.8 Å². The van der Waals surface area contributed by atoms with Gasteiger partial charge in [-0.3, -0.25) is 14.5 Å². The van der Waals surface area contributed by atoms with Crippen LogP contribution in [0.5, 0.6) is 11.5 Å². The summed E-state index contributed by atoms with van der Waals surface area (Å²) in [5.41, 5.74) is 4.16. The molecule has 28 heavy (non-hydrogen) atoms. The summed E-state index contributed by atoms with van der Waals surface area (Å²) >= 11 is 0. The third-order valence-electron chi connectivity index (χ3n) is 5.40. The highest BCUT2D eigenvalue weighted by molar-refractivity contribution is 6.10. The van der Waals surface area contributed by atoms with Gasteiger partial charge in [0.15, 0.2) is 11.5 Å². The van der Waals surface area contributed by atoms with E-state index >= 15 is 0 Å². The van der Waals surface area contributed by atoms with E-state index in [1.54, 1.807) is 25.2 Å². The normalized spacial score (nSPS) is 15.4. The Hall–Kier alpha value is -3.28. The molecule has 0 saturated heterocycles. The summed E-state index contributed by atoms with van der Waals surface area (Å²) < 4.78 is 10.7. The van der Waals surface area contributed by atoms with E-state index in [0.29, 0.717) is 35.8 Å². The molecule has 6 heteroatoms. The van der Waals surface area contributed by atoms with Crippen molar-refractivity contribution in [1.29, 1.82) is 0 Å². The fourth-order valence-electron chi connectivity index (χ4n) is 3.83. The van der Waals surface area contributed by atoms with Crippen LogP contribution in [0.2, 0.25) is 0 Å². The molecule has 0 aliphatic carbocycles. The minimum absolute atomic E-state index is 0.00499. The van der Waals surface area contributed by atoms with Crippen LogP contribution >= 0.6 is 0 Å². The monoisotopic (exact) mass is 378 g/mol. The van der Waals surface area contributed by atoms with Crippen molar-refractivity contribution in [2.24, 2.45) is 0 Å². The number of hydrogen-bond donors (Lipinski definition) is 0. The Labute approximate surface area is 164 Å². The van der Waals surface area contributed by atoms with Gasteiger partial charge in [0.05, 0.1) is 14.2 Å². The summed E-state index contributed by atoms with van der Waals surface area (Å²) in [5.74, 6) is 1.08. The maximum atomic E-state index is 12.9. The first-order valence-electron chi connectivity index (χ1n) is 9.15. The van der Waals surface area contributed by atoms with Crippen LogP contribution < -0.4 is 9.47 Å². The van der Waals surface area contributed by atoms with Crippen molar-refractivity contribution in [2.45, 2.75) is 13.0 Å². The van der Waals surface area contributed by atoms with Crippen molar-refractivity contribution in [1.82, 2.24) is 9.80 Å². The minimum atomic E-state index is -0.169. The van der Waals surface area contributed by atoms with Crippen molar-refractivity contribution in [3.05, 3.63) is 65.2 Å². The second-order valence-corrected chi connectivity index (χ2v) is 6.92. The number of nitrogens with zero attached hydrogens (tertiary/aromatic N) is 2. The smallest absolute Gasteiger partial charge is 0.259 e. The molecule has 0 fully saturated rings. The van der Waals surface area contributed by atoms with Gasteiger partial charge in [-0.15, -0.1) is 0 Å². The number of ether oxygens (including phenoxy) is 2. The van der Waals surface area contributed by atoms with Crippen LogP contribution in [-0.4, -0.2) is 48.9 Å². The second-order valence-electron chi connectivity index (χ2n) is 6.92. The van der Waals surface area contributed by atoms with Gasteiger partial charge in [0, 0.05) is 29.9 Å². The number of benzene rings is 2. The molecule has 2 heterocycles. The Kier molecular flexibility index (Phi) is 4.55. The molecule has 0 atom stereocenters. The van der Waals surface area contributed by atoms with E-state index in [1.807, 2.05) is 30.3 Å². The molecule has 0 radical (unpaired) electrons. The predicted octanol–water partition coefficient (Wildman–Crippen LogP) is 2.72. The lowest BCUT2D eigenvalue weighted by molar-refractivity contribution is -0.132. The third kappa shape index (κ3) is 2.91. The maximum Gasteiger partial charge on any atom is 0.259 e. The standard InChI is InChI=1S/C22H22N2O4/c1-14-17-6-4-5-7-18(17)22(26)24(14)13-21(25)23-9-8-15-10-19(27-2)20(28-3)11-16(15)12-23/h4-7,10-11H,1,8-9,12-13H2,2-3H3. The zero-order valence-electron chi connectivity index (χ0n) is 16.0. The molecule has 0 unspecified atom stereocenters. The predicted molar refractivity (Wildman–Crippen MR) is 105 cm³/mol. The fourth-order valence-corrected chi connectivity index (χ4v) is 3.83. The van der Waals surface area contributed by atoms with Crippen molar-refractivity contribution in [3.8, 4) is 11.5 Å². The molecule has 0 aromatic heterocycles. The van der Waals surface area contributed by atoms with Gasteiger partial charge < -0.3 is 14.4 Å². The molecule has 2 aromatic rings. The van der Waals surface area contributed by atoms with Crippen LogP contribution in [0.15, 0.2) is 43.0 Å². The summed E-state index contributed by atoms with van der Waals surface area (Å²) in [6.07, 6.45) is 0.733. The fraction of sp³-hybridized carbons (Fsp3) is 0.273. The number of carbonyl (C=O) groups excluding carboxylic acids is 2. The van der Waals surface area contributed by atoms with Crippen molar-refractivity contribution in [2.75, 3.05) is 27.3 Å². The van der Waals surface area contributed by atoms with E-state index in [4.69, 9.17) is 9.47 Å². The zero-order chi connectivity index (χ0) is 19.8. The van der Waals surface area contributed by atoms with Crippen LogP contribution in [0.1, 0.15) is 27.0 Å². The first-order chi connectivity index (χ1) is 13.5. The summed E-state index contributed by atoms with van der Waals surface area (Å²) in [4.78, 5) is 28.8. The summed E-state index contributed by atoms with van der Waals surface area (Å²) in [6.45, 7) is 5.08. The zero-order valence-corrected chi connectivity index (χ0v) is 16.0. The molecule has 144 valence electrons. The van der Waals surface area contributed by atoms with Crippen LogP contribution in [0, 0.1) is 0 Å². The second kappa shape index (κ2) is 7.03. The van der Waals surface area contributed by atoms with Gasteiger partial charge in [-0.2, -0.15) is 0 Å². The van der Waals surface area contributed by atoms with Gasteiger partial charge in [-0.05, 0) is 35.7 Å². The molecule has 0 bridgehead atoms. The largest absolute Gasteiger partial charge is 0.493 e. The van der Waals surface area contributed by atoms with Crippen molar-refractivity contribution >= 4 is 17.5 Å². The van der Waals surface area contributed by atoms with Gasteiger partial charge in [-0.25, -0.2) is 0 Å². The molecule has 0 N–H and O–H groups in total. The van der Waals surface area contributed by atoms with Gasteiger partial charge in [0.25, 0.3) is 5.91 Å². The third-order valence-corrected chi connectivity index (χ3v) is 5.40. The Morgan fingerprint density at radius 1 is 1.07 bits per heavy atom. The Balaban J connectivity index is 1.50. The molecule has 6 nitrogen and oxygen atoms in total. The lowest BCUT2D eigenvalue weighted by atomic mass is 9.98. The van der Waals surface area contributed by atoms with Gasteiger partial charge in [0.1, 0.15) is 6.54 Å². The lowest BCUT2D eigenvalue weighted by Gasteiger charge is -2.31. The first-order valence-corrected chi connectivity index (χ1v) is 9.15. The Morgan fingerprint density at radius 3 is 2.36 bits per heavy atom. The lowest BCUT2D eigenvalue weighted by Crippen LogP contribution is -2.42. The molecule has 2 amide bonds. The summed E-state index contributed by atoms with van der Waals surface area (Å²) in [5, 5.41) is 0. The van der Waals surface area contributed by atoms with Gasteiger partial charge >= 0.3 is 0 Å². The van der Waals surface area contributed by atoms with Gasteiger partial charge in [0.2, 0.25) is 5.91 Å². The minimum Gasteiger partial charge on any atom is -0.493 e. The molecular weight excluding hydrogens is 356 g/mol. The highest BCUT2D eigenvalue weighted by Gasteiger charge is 2.33. The molecule has 2 aliphatic heterocycles. The summed E-state index contributed by atoms with van der Waals surface area (Å²) in [7, 11) is 3.21. The maximum absolute atomic E-state index is 12.9. The van der Waals surface area contributed by atoms with E-state index in [-0.39, 0.29) is 18.4 Å². The number of hydrogen-bond acceptors (Lipinski definition) is 4. The van der Waals surface area contributed by atoms with E-state index < -0.39 is 0 Å². The van der Waals surface area contributed by atoms with Crippen molar-refractivity contribution in [3.63, 3.8) is 0 Å². The van der Waals surface area contributed by atoms with E-state index in [9.17, 15) is 9.59 Å². The van der Waals surface area contributed by atoms with Crippen LogP contribution in [0.4, 0.5) is 0 Å². The number of amides is 2. The first kappa shape index (κ1) is 18.1. The number of rotatable bonds is 4. The number of methoxy groups -OCH3 is 2. The van der Waals surface area contributed by atoms with Crippen LogP contribution in [0.3, 0.4) is 0 Å². The van der Waals surface area contributed by atoms with E-state index in [1.165, 1.54) is 4.90 Å². The van der Waals surface area contributed by atoms with Crippen LogP contribution in [-0.2, 0) is 17.8 Å². The molecule has 0 saturated carbocycles. The Morgan fingerprint density at radius 2 is 1.71 bits per heavy atom. The van der Waals surface area contributed by atoms with Crippen molar-refractivity contribution < 1.29 is 19.1 Å². The molecule has 4 rings (SSSR count). The average molecular weight is 378 g/mol. The molecule has 2 aliphatic rings. The summed E-state index contributed by atoms with van der Waals surface area (Å²) in [6, 6.07) is 11.2. The number of fused-ring (bicyclic) bond motifs is 2. The highest BCUT2D eigenvalue weighted by atomic mass is 16.5.